The van der Waals surface area contributed by atoms with Crippen molar-refractivity contribution in [3.8, 4) is 0 Å². The Labute approximate surface area is 111 Å². The van der Waals surface area contributed by atoms with Gasteiger partial charge in [-0.3, -0.25) is 9.59 Å². The normalized spacial score (nSPS) is 13.3. The highest BCUT2D eigenvalue weighted by atomic mass is 35.5. The second-order valence-corrected chi connectivity index (χ2v) is 4.14. The van der Waals surface area contributed by atoms with Gasteiger partial charge in [0, 0.05) is 0 Å². The maximum atomic E-state index is 12.8. The highest BCUT2D eigenvalue weighted by Crippen LogP contribution is 2.36. The number of ketones is 1. The summed E-state index contributed by atoms with van der Waals surface area (Å²) in [6, 6.07) is 0. The number of nitrogens with one attached hydrogen (secondary N) is 1. The van der Waals surface area contributed by atoms with Crippen LogP contribution in [0.25, 0.3) is 0 Å². The predicted molar refractivity (Wildman–Crippen MR) is 58.2 cm³/mol. The molecule has 0 aromatic rings. The Balaban J connectivity index is 5.30. The molecule has 1 N–H and O–H groups in total. The van der Waals surface area contributed by atoms with E-state index in [4.69, 9.17) is 11.6 Å². The molecular weight excluding hydrogens is 297 g/mol. The zero-order valence-corrected chi connectivity index (χ0v) is 11.0. The van der Waals surface area contributed by atoms with Gasteiger partial charge in [-0.25, -0.2) is 0 Å². The summed E-state index contributed by atoms with van der Waals surface area (Å²) >= 11 is 5.27. The predicted octanol–water partition coefficient (Wildman–Crippen LogP) is 2.67. The van der Waals surface area contributed by atoms with Crippen LogP contribution in [0.1, 0.15) is 26.7 Å². The van der Waals surface area contributed by atoms with E-state index in [9.17, 15) is 31.5 Å². The van der Waals surface area contributed by atoms with Gasteiger partial charge in [0.15, 0.2) is 5.78 Å². The Morgan fingerprint density at radius 1 is 1.05 bits per heavy atom. The molecule has 0 rings (SSSR count). The van der Waals surface area contributed by atoms with Gasteiger partial charge in [-0.2, -0.15) is 22.0 Å². The molecule has 0 fully saturated rings. The Bertz CT molecular complexity index is 352. The molecule has 0 aromatic carbocycles. The van der Waals surface area contributed by atoms with E-state index in [0.29, 0.717) is 0 Å². The molecule has 0 aliphatic rings. The molecule has 9 heteroatoms. The Morgan fingerprint density at radius 3 is 1.74 bits per heavy atom. The van der Waals surface area contributed by atoms with Gasteiger partial charge in [-0.1, -0.05) is 13.8 Å². The molecule has 0 unspecified atom stereocenters. The number of Topliss-reactive ketones (excluding diaryl/α,β-unsaturated/α-hetero) is 1. The molecule has 0 saturated carbocycles. The third-order valence-electron chi connectivity index (χ3n) is 2.86. The Morgan fingerprint density at radius 2 is 1.47 bits per heavy atom. The van der Waals surface area contributed by atoms with Crippen molar-refractivity contribution in [2.75, 3.05) is 5.88 Å². The van der Waals surface area contributed by atoms with Crippen molar-refractivity contribution in [1.29, 1.82) is 0 Å². The summed E-state index contributed by atoms with van der Waals surface area (Å²) in [6.45, 7) is 2.75. The smallest absolute Gasteiger partial charge is 0.338 e. The average Bonchev–Trinajstić information content (AvgIpc) is 2.33. The van der Waals surface area contributed by atoms with Gasteiger partial charge < -0.3 is 5.32 Å². The summed E-state index contributed by atoms with van der Waals surface area (Å²) in [6.07, 6.45) is -6.31. The number of amides is 1. The number of carbonyl (C=O) groups is 2. The maximum absolute atomic E-state index is 12.8. The fourth-order valence-electron chi connectivity index (χ4n) is 1.44. The zero-order chi connectivity index (χ0) is 15.5. The molecule has 0 aliphatic carbocycles. The number of rotatable bonds is 6. The number of carbonyl (C=O) groups excluding carboxylic acids is 2. The maximum Gasteiger partial charge on any atom is 0.463 e. The summed E-state index contributed by atoms with van der Waals surface area (Å²) < 4.78 is 61.7. The third kappa shape index (κ3) is 3.55. The van der Waals surface area contributed by atoms with E-state index >= 15 is 0 Å². The van der Waals surface area contributed by atoms with Crippen molar-refractivity contribution >= 4 is 23.3 Å². The molecule has 0 spiro atoms. The van der Waals surface area contributed by atoms with Gasteiger partial charge in [-0.15, -0.1) is 11.6 Å². The summed E-state index contributed by atoms with van der Waals surface area (Å²) in [7, 11) is 0. The van der Waals surface area contributed by atoms with E-state index in [2.05, 4.69) is 0 Å². The summed E-state index contributed by atoms with van der Waals surface area (Å²) in [5.41, 5.74) is -1.81. The van der Waals surface area contributed by atoms with Crippen molar-refractivity contribution in [3.63, 3.8) is 0 Å². The van der Waals surface area contributed by atoms with Gasteiger partial charge in [0.25, 0.3) is 0 Å². The second-order valence-electron chi connectivity index (χ2n) is 3.87. The molecule has 0 bridgehead atoms. The first-order chi connectivity index (χ1) is 8.48. The van der Waals surface area contributed by atoms with Crippen LogP contribution in [0.5, 0.6) is 0 Å². The first-order valence-electron chi connectivity index (χ1n) is 5.35. The van der Waals surface area contributed by atoms with E-state index in [0.717, 1.165) is 0 Å². The van der Waals surface area contributed by atoms with Crippen LogP contribution in [0.3, 0.4) is 0 Å². The quantitative estimate of drug-likeness (QED) is 0.605. The number of hydrogen-bond acceptors (Lipinski definition) is 2. The third-order valence-corrected chi connectivity index (χ3v) is 3.10. The van der Waals surface area contributed by atoms with E-state index in [1.165, 1.54) is 19.2 Å². The topological polar surface area (TPSA) is 46.2 Å². The lowest BCUT2D eigenvalue weighted by molar-refractivity contribution is -0.270. The van der Waals surface area contributed by atoms with Crippen LogP contribution in [-0.4, -0.2) is 35.2 Å². The fraction of sp³-hybridized carbons (Fsp3) is 0.800. The largest absolute Gasteiger partial charge is 0.463 e. The first kappa shape index (κ1) is 18.1. The minimum Gasteiger partial charge on any atom is -0.338 e. The van der Waals surface area contributed by atoms with Gasteiger partial charge in [0.05, 0.1) is 11.4 Å². The Hall–Kier alpha value is -0.920. The molecule has 0 aromatic heterocycles. The van der Waals surface area contributed by atoms with Gasteiger partial charge >= 0.3 is 18.0 Å². The number of alkyl halides is 6. The van der Waals surface area contributed by atoms with E-state index < -0.39 is 35.2 Å². The van der Waals surface area contributed by atoms with Crippen LogP contribution in [0.4, 0.5) is 22.0 Å². The first-order valence-corrected chi connectivity index (χ1v) is 5.88. The van der Waals surface area contributed by atoms with E-state index in [1.54, 1.807) is 0 Å². The average molecular weight is 310 g/mol. The van der Waals surface area contributed by atoms with Gasteiger partial charge in [0.1, 0.15) is 0 Å². The monoisotopic (exact) mass is 309 g/mol. The van der Waals surface area contributed by atoms with Crippen molar-refractivity contribution < 1.29 is 31.5 Å². The van der Waals surface area contributed by atoms with Gasteiger partial charge in [0.2, 0.25) is 0 Å². The van der Waals surface area contributed by atoms with Gasteiger partial charge in [-0.05, 0) is 12.8 Å². The van der Waals surface area contributed by atoms with Crippen LogP contribution in [0.15, 0.2) is 0 Å². The SMILES string of the molecule is CCC(CC)(NC(=O)C(F)(F)C(F)(F)F)C(=O)CCl. The van der Waals surface area contributed by atoms with Crippen molar-refractivity contribution in [2.24, 2.45) is 0 Å². The van der Waals surface area contributed by atoms with Crippen LogP contribution in [-0.2, 0) is 9.59 Å². The minimum absolute atomic E-state index is 0.144. The molecule has 0 heterocycles. The van der Waals surface area contributed by atoms with Crippen molar-refractivity contribution in [1.82, 2.24) is 5.32 Å². The summed E-state index contributed by atoms with van der Waals surface area (Å²) in [5, 5.41) is 1.48. The van der Waals surface area contributed by atoms with Crippen LogP contribution >= 0.6 is 11.6 Å². The molecule has 1 amide bonds. The van der Waals surface area contributed by atoms with E-state index in [1.807, 2.05) is 0 Å². The molecule has 19 heavy (non-hydrogen) atoms. The second kappa shape index (κ2) is 6.02. The van der Waals surface area contributed by atoms with Crippen molar-refractivity contribution in [3.05, 3.63) is 0 Å². The Kier molecular flexibility index (Phi) is 5.73. The lowest BCUT2D eigenvalue weighted by atomic mass is 9.88. The standard InChI is InChI=1S/C10H13ClF5NO2/c1-3-8(4-2,6(18)5-11)17-7(19)9(12,13)10(14,15)16/h3-5H2,1-2H3,(H,17,19). The fourth-order valence-corrected chi connectivity index (χ4v) is 1.70. The highest BCUT2D eigenvalue weighted by Gasteiger charge is 2.64. The van der Waals surface area contributed by atoms with Crippen molar-refractivity contribution in [2.45, 2.75) is 44.3 Å². The molecule has 0 saturated heterocycles. The highest BCUT2D eigenvalue weighted by molar-refractivity contribution is 6.29. The number of hydrogen-bond donors (Lipinski definition) is 1. The molecular formula is C10H13ClF5NO2. The van der Waals surface area contributed by atoms with E-state index in [-0.39, 0.29) is 12.8 Å². The number of halogens is 6. The van der Waals surface area contributed by atoms with Crippen LogP contribution in [0.2, 0.25) is 0 Å². The molecule has 112 valence electrons. The molecule has 0 radical (unpaired) electrons. The molecule has 0 atom stereocenters. The molecule has 0 aliphatic heterocycles. The lowest BCUT2D eigenvalue weighted by Crippen LogP contribution is -2.61. The minimum atomic E-state index is -6.02. The van der Waals surface area contributed by atoms with Crippen LogP contribution in [0, 0.1) is 0 Å². The van der Waals surface area contributed by atoms with Crippen LogP contribution < -0.4 is 5.32 Å². The summed E-state index contributed by atoms with van der Waals surface area (Å²) in [5.74, 6) is -9.53. The zero-order valence-electron chi connectivity index (χ0n) is 10.2. The lowest BCUT2D eigenvalue weighted by Gasteiger charge is -2.32. The molecule has 3 nitrogen and oxygen atoms in total. The summed E-state index contributed by atoms with van der Waals surface area (Å²) in [4.78, 5) is 22.6.